The zero-order chi connectivity index (χ0) is 12.5. The third kappa shape index (κ3) is 2.39. The molecule has 0 unspecified atom stereocenters. The van der Waals surface area contributed by atoms with Gasteiger partial charge in [0.05, 0.1) is 5.69 Å². The van der Waals surface area contributed by atoms with Crippen LogP contribution < -0.4 is 0 Å². The second kappa shape index (κ2) is 4.69. The van der Waals surface area contributed by atoms with E-state index in [1.54, 1.807) is 0 Å². The molecule has 1 saturated carbocycles. The van der Waals surface area contributed by atoms with E-state index in [1.165, 1.54) is 12.8 Å². The maximum Gasteiger partial charge on any atom is 0.136 e. The van der Waals surface area contributed by atoms with Gasteiger partial charge >= 0.3 is 0 Å². The lowest BCUT2D eigenvalue weighted by Crippen LogP contribution is -2.01. The van der Waals surface area contributed by atoms with E-state index < -0.39 is 0 Å². The Morgan fingerprint density at radius 2 is 1.89 bits per heavy atom. The fourth-order valence-electron chi connectivity index (χ4n) is 2.08. The van der Waals surface area contributed by atoms with Crippen LogP contribution in [0.5, 0.6) is 0 Å². The van der Waals surface area contributed by atoms with Gasteiger partial charge in [0.2, 0.25) is 0 Å². The lowest BCUT2D eigenvalue weighted by Gasteiger charge is -2.09. The van der Waals surface area contributed by atoms with Crippen LogP contribution >= 0.6 is 11.6 Å². The van der Waals surface area contributed by atoms with Crippen LogP contribution in [-0.4, -0.2) is 9.97 Å². The fraction of sp³-hybridized carbons (Fsp3) is 0.333. The van der Waals surface area contributed by atoms with Crippen molar-refractivity contribution in [3.63, 3.8) is 0 Å². The molecule has 1 fully saturated rings. The Morgan fingerprint density at radius 3 is 2.56 bits per heavy atom. The molecular weight excluding hydrogens is 244 g/mol. The molecule has 0 saturated heterocycles. The number of halogens is 1. The van der Waals surface area contributed by atoms with Gasteiger partial charge in [0.1, 0.15) is 11.0 Å². The van der Waals surface area contributed by atoms with Gasteiger partial charge in [-0.2, -0.15) is 0 Å². The van der Waals surface area contributed by atoms with E-state index in [1.807, 2.05) is 25.1 Å². The first-order valence-electron chi connectivity index (χ1n) is 6.32. The van der Waals surface area contributed by atoms with Crippen LogP contribution in [0, 0.1) is 12.8 Å². The molecule has 2 nitrogen and oxygen atoms in total. The maximum atomic E-state index is 6.22. The van der Waals surface area contributed by atoms with Crippen LogP contribution in [0.1, 0.15) is 24.2 Å². The fourth-order valence-corrected chi connectivity index (χ4v) is 2.27. The standard InChI is InChI=1S/C15H15ClN2/c1-10-14(12-5-3-2-4-6-12)17-13(18-15(10)16)9-11-7-8-11/h2-6,11H,7-9H2,1H3. The van der Waals surface area contributed by atoms with Crippen molar-refractivity contribution >= 4 is 11.6 Å². The van der Waals surface area contributed by atoms with Crippen molar-refractivity contribution in [3.8, 4) is 11.3 Å². The van der Waals surface area contributed by atoms with Crippen molar-refractivity contribution in [2.75, 3.05) is 0 Å². The van der Waals surface area contributed by atoms with Gasteiger partial charge in [-0.25, -0.2) is 9.97 Å². The van der Waals surface area contributed by atoms with Gasteiger partial charge < -0.3 is 0 Å². The van der Waals surface area contributed by atoms with E-state index in [0.29, 0.717) is 5.15 Å². The highest BCUT2D eigenvalue weighted by Crippen LogP contribution is 2.33. The lowest BCUT2D eigenvalue weighted by atomic mass is 10.1. The molecule has 1 aromatic heterocycles. The minimum absolute atomic E-state index is 0.583. The molecule has 1 aliphatic rings. The highest BCUT2D eigenvalue weighted by Gasteiger charge is 2.23. The summed E-state index contributed by atoms with van der Waals surface area (Å²) in [7, 11) is 0. The summed E-state index contributed by atoms with van der Waals surface area (Å²) in [6.45, 7) is 1.98. The van der Waals surface area contributed by atoms with Gasteiger partial charge in [0.25, 0.3) is 0 Å². The van der Waals surface area contributed by atoms with E-state index in [4.69, 9.17) is 11.6 Å². The molecule has 0 N–H and O–H groups in total. The van der Waals surface area contributed by atoms with Crippen molar-refractivity contribution in [2.45, 2.75) is 26.2 Å². The first-order valence-corrected chi connectivity index (χ1v) is 6.70. The number of nitrogens with zero attached hydrogens (tertiary/aromatic N) is 2. The quantitative estimate of drug-likeness (QED) is 0.776. The maximum absolute atomic E-state index is 6.22. The zero-order valence-corrected chi connectivity index (χ0v) is 11.1. The van der Waals surface area contributed by atoms with Gasteiger partial charge in [-0.15, -0.1) is 0 Å². The molecule has 1 aromatic carbocycles. The monoisotopic (exact) mass is 258 g/mol. The number of hydrogen-bond donors (Lipinski definition) is 0. The molecule has 18 heavy (non-hydrogen) atoms. The Kier molecular flexibility index (Phi) is 3.04. The summed E-state index contributed by atoms with van der Waals surface area (Å²) in [5.41, 5.74) is 3.03. The Labute approximate surface area is 112 Å². The van der Waals surface area contributed by atoms with Crippen LogP contribution in [0.3, 0.4) is 0 Å². The minimum Gasteiger partial charge on any atom is -0.233 e. The van der Waals surface area contributed by atoms with E-state index in [2.05, 4.69) is 22.1 Å². The first-order chi connectivity index (χ1) is 8.74. The summed E-state index contributed by atoms with van der Waals surface area (Å²) in [6, 6.07) is 10.2. The van der Waals surface area contributed by atoms with E-state index in [0.717, 1.165) is 35.0 Å². The number of rotatable bonds is 3. The summed E-state index contributed by atoms with van der Waals surface area (Å²) >= 11 is 6.22. The molecule has 3 heteroatoms. The summed E-state index contributed by atoms with van der Waals surface area (Å²) < 4.78 is 0. The van der Waals surface area contributed by atoms with Crippen molar-refractivity contribution < 1.29 is 0 Å². The van der Waals surface area contributed by atoms with Gasteiger partial charge in [-0.1, -0.05) is 41.9 Å². The summed E-state index contributed by atoms with van der Waals surface area (Å²) in [4.78, 5) is 9.08. The van der Waals surface area contributed by atoms with Crippen LogP contribution in [0.25, 0.3) is 11.3 Å². The minimum atomic E-state index is 0.583. The summed E-state index contributed by atoms with van der Waals surface area (Å²) in [5.74, 6) is 1.65. The van der Waals surface area contributed by atoms with Gasteiger partial charge in [0.15, 0.2) is 0 Å². The molecule has 1 aliphatic carbocycles. The average Bonchev–Trinajstić information content (AvgIpc) is 3.18. The van der Waals surface area contributed by atoms with Crippen LogP contribution in [0.15, 0.2) is 30.3 Å². The molecular formula is C15H15ClN2. The molecule has 0 radical (unpaired) electrons. The molecule has 3 rings (SSSR count). The Morgan fingerprint density at radius 1 is 1.17 bits per heavy atom. The SMILES string of the molecule is Cc1c(Cl)nc(CC2CC2)nc1-c1ccccc1. The smallest absolute Gasteiger partial charge is 0.136 e. The highest BCUT2D eigenvalue weighted by atomic mass is 35.5. The van der Waals surface area contributed by atoms with Crippen molar-refractivity contribution in [1.82, 2.24) is 9.97 Å². The lowest BCUT2D eigenvalue weighted by molar-refractivity contribution is 0.769. The number of hydrogen-bond acceptors (Lipinski definition) is 2. The molecule has 0 amide bonds. The predicted molar refractivity (Wildman–Crippen MR) is 73.6 cm³/mol. The molecule has 0 spiro atoms. The summed E-state index contributed by atoms with van der Waals surface area (Å²) in [5, 5.41) is 0.583. The molecule has 0 atom stereocenters. The molecule has 92 valence electrons. The predicted octanol–water partition coefficient (Wildman–Crippen LogP) is 4.06. The van der Waals surface area contributed by atoms with Crippen LogP contribution in [0.2, 0.25) is 5.15 Å². The Hall–Kier alpha value is -1.41. The van der Waals surface area contributed by atoms with Crippen molar-refractivity contribution in [1.29, 1.82) is 0 Å². The molecule has 1 heterocycles. The summed E-state index contributed by atoms with van der Waals surface area (Å²) in [6.07, 6.45) is 3.56. The zero-order valence-electron chi connectivity index (χ0n) is 10.4. The van der Waals surface area contributed by atoms with Crippen LogP contribution in [0.4, 0.5) is 0 Å². The normalized spacial score (nSPS) is 14.8. The van der Waals surface area contributed by atoms with Gasteiger partial charge in [-0.3, -0.25) is 0 Å². The van der Waals surface area contributed by atoms with E-state index >= 15 is 0 Å². The molecule has 0 aliphatic heterocycles. The second-order valence-corrected chi connectivity index (χ2v) is 5.28. The largest absolute Gasteiger partial charge is 0.233 e. The molecule has 0 bridgehead atoms. The number of aromatic nitrogens is 2. The van der Waals surface area contributed by atoms with Gasteiger partial charge in [-0.05, 0) is 25.7 Å². The van der Waals surface area contributed by atoms with E-state index in [9.17, 15) is 0 Å². The topological polar surface area (TPSA) is 25.8 Å². The third-order valence-corrected chi connectivity index (χ3v) is 3.72. The second-order valence-electron chi connectivity index (χ2n) is 4.92. The first kappa shape index (κ1) is 11.7. The third-order valence-electron chi connectivity index (χ3n) is 3.35. The van der Waals surface area contributed by atoms with Gasteiger partial charge in [0, 0.05) is 17.5 Å². The number of benzene rings is 1. The van der Waals surface area contributed by atoms with Crippen LogP contribution in [-0.2, 0) is 6.42 Å². The van der Waals surface area contributed by atoms with Crippen molar-refractivity contribution in [2.24, 2.45) is 5.92 Å². The average molecular weight is 259 g/mol. The Balaban J connectivity index is 2.03. The van der Waals surface area contributed by atoms with E-state index in [-0.39, 0.29) is 0 Å². The molecule has 2 aromatic rings. The highest BCUT2D eigenvalue weighted by molar-refractivity contribution is 6.30. The van der Waals surface area contributed by atoms with Crippen molar-refractivity contribution in [3.05, 3.63) is 46.9 Å². The Bertz CT molecular complexity index is 562.